The molecule has 2 aromatic carbocycles. The van der Waals surface area contributed by atoms with E-state index in [1.807, 2.05) is 56.3 Å². The van der Waals surface area contributed by atoms with Crippen LogP contribution in [0.4, 0.5) is 11.4 Å². The van der Waals surface area contributed by atoms with Gasteiger partial charge in [-0.1, -0.05) is 23.7 Å². The highest BCUT2D eigenvalue weighted by Crippen LogP contribution is 2.33. The van der Waals surface area contributed by atoms with E-state index in [-0.39, 0.29) is 18.2 Å². The lowest BCUT2D eigenvalue weighted by Crippen LogP contribution is -2.28. The minimum atomic E-state index is -0.467. The highest BCUT2D eigenvalue weighted by Gasteiger charge is 2.36. The summed E-state index contributed by atoms with van der Waals surface area (Å²) in [7, 11) is 1.61. The van der Waals surface area contributed by atoms with Gasteiger partial charge in [-0.25, -0.2) is 0 Å². The van der Waals surface area contributed by atoms with Gasteiger partial charge >= 0.3 is 0 Å². The standard InChI is InChI=1S/C24H24ClN3O3/c1-15-8-9-16(2)28(15)22-13-18(31-3)10-11-20(22)26-24(30)17-12-23(29)27(14-17)21-7-5-4-6-19(21)25/h4-11,13,17H,12,14H2,1-3H3,(H,26,30)/t17-/m0/s1. The molecule has 1 saturated heterocycles. The fourth-order valence-electron chi connectivity index (χ4n) is 4.00. The predicted octanol–water partition coefficient (Wildman–Crippen LogP) is 4.75. The van der Waals surface area contributed by atoms with Crippen molar-refractivity contribution in [2.24, 2.45) is 5.92 Å². The second-order valence-corrected chi connectivity index (χ2v) is 8.09. The van der Waals surface area contributed by atoms with Gasteiger partial charge in [0.05, 0.1) is 35.1 Å². The number of methoxy groups -OCH3 is 1. The Morgan fingerprint density at radius 1 is 1.06 bits per heavy atom. The van der Waals surface area contributed by atoms with E-state index in [1.54, 1.807) is 24.1 Å². The lowest BCUT2D eigenvalue weighted by molar-refractivity contribution is -0.122. The van der Waals surface area contributed by atoms with Crippen molar-refractivity contribution in [2.75, 3.05) is 23.9 Å². The molecule has 1 aliphatic rings. The molecule has 4 rings (SSSR count). The quantitative estimate of drug-likeness (QED) is 0.626. The van der Waals surface area contributed by atoms with Crippen molar-refractivity contribution in [3.05, 3.63) is 71.0 Å². The van der Waals surface area contributed by atoms with Gasteiger partial charge in [-0.3, -0.25) is 9.59 Å². The van der Waals surface area contributed by atoms with E-state index in [1.165, 1.54) is 0 Å². The SMILES string of the molecule is COc1ccc(NC(=O)[C@H]2CC(=O)N(c3ccccc3Cl)C2)c(-n2c(C)ccc2C)c1. The first kappa shape index (κ1) is 21.0. The van der Waals surface area contributed by atoms with Gasteiger partial charge in [0.1, 0.15) is 5.75 Å². The number of nitrogens with zero attached hydrogens (tertiary/aromatic N) is 2. The van der Waals surface area contributed by atoms with Gasteiger partial charge in [-0.2, -0.15) is 0 Å². The topological polar surface area (TPSA) is 63.6 Å². The lowest BCUT2D eigenvalue weighted by Gasteiger charge is -2.19. The zero-order chi connectivity index (χ0) is 22.1. The number of hydrogen-bond donors (Lipinski definition) is 1. The van der Waals surface area contributed by atoms with Crippen LogP contribution in [0.25, 0.3) is 5.69 Å². The third-order valence-electron chi connectivity index (χ3n) is 5.61. The molecule has 1 N–H and O–H groups in total. The molecule has 0 saturated carbocycles. The fourth-order valence-corrected chi connectivity index (χ4v) is 4.24. The van der Waals surface area contributed by atoms with E-state index in [9.17, 15) is 9.59 Å². The number of nitrogens with one attached hydrogen (secondary N) is 1. The number of aromatic nitrogens is 1. The van der Waals surface area contributed by atoms with Crippen molar-refractivity contribution in [3.63, 3.8) is 0 Å². The van der Waals surface area contributed by atoms with Crippen molar-refractivity contribution in [2.45, 2.75) is 20.3 Å². The summed E-state index contributed by atoms with van der Waals surface area (Å²) in [6.45, 7) is 4.31. The van der Waals surface area contributed by atoms with E-state index in [0.29, 0.717) is 28.7 Å². The first-order valence-electron chi connectivity index (χ1n) is 10.1. The molecular formula is C24H24ClN3O3. The number of ether oxygens (including phenoxy) is 1. The number of anilines is 2. The average Bonchev–Trinajstić information content (AvgIpc) is 3.30. The fraction of sp³-hybridized carbons (Fsp3) is 0.250. The Morgan fingerprint density at radius 3 is 2.45 bits per heavy atom. The molecule has 0 radical (unpaired) electrons. The molecule has 160 valence electrons. The molecule has 0 unspecified atom stereocenters. The molecule has 6 nitrogen and oxygen atoms in total. The second kappa shape index (κ2) is 8.47. The number of aryl methyl sites for hydroxylation is 2. The van der Waals surface area contributed by atoms with Gasteiger partial charge in [0.25, 0.3) is 0 Å². The number of rotatable bonds is 5. The molecule has 0 bridgehead atoms. The summed E-state index contributed by atoms with van der Waals surface area (Å²) in [4.78, 5) is 27.3. The highest BCUT2D eigenvalue weighted by atomic mass is 35.5. The molecule has 1 atom stereocenters. The Kier molecular flexibility index (Phi) is 5.74. The van der Waals surface area contributed by atoms with Crippen LogP contribution in [0.3, 0.4) is 0 Å². The van der Waals surface area contributed by atoms with Crippen molar-refractivity contribution in [1.82, 2.24) is 4.57 Å². The molecule has 0 aliphatic carbocycles. The van der Waals surface area contributed by atoms with Crippen LogP contribution in [0.1, 0.15) is 17.8 Å². The number of para-hydroxylation sites is 1. The summed E-state index contributed by atoms with van der Waals surface area (Å²) < 4.78 is 7.45. The maximum atomic E-state index is 13.1. The van der Waals surface area contributed by atoms with E-state index < -0.39 is 5.92 Å². The van der Waals surface area contributed by atoms with Gasteiger partial charge in [0.15, 0.2) is 0 Å². The molecule has 31 heavy (non-hydrogen) atoms. The summed E-state index contributed by atoms with van der Waals surface area (Å²) in [6.07, 6.45) is 0.143. The van der Waals surface area contributed by atoms with Crippen LogP contribution in [0.5, 0.6) is 5.75 Å². The molecule has 2 heterocycles. The van der Waals surface area contributed by atoms with Gasteiger partial charge in [0.2, 0.25) is 11.8 Å². The smallest absolute Gasteiger partial charge is 0.229 e. The summed E-state index contributed by atoms with van der Waals surface area (Å²) in [6, 6.07) is 16.8. The van der Waals surface area contributed by atoms with Crippen LogP contribution in [0, 0.1) is 19.8 Å². The van der Waals surface area contributed by atoms with Crippen LogP contribution in [0.2, 0.25) is 5.02 Å². The Morgan fingerprint density at radius 2 is 1.77 bits per heavy atom. The summed E-state index contributed by atoms with van der Waals surface area (Å²) in [5, 5.41) is 3.52. The lowest BCUT2D eigenvalue weighted by atomic mass is 10.1. The third-order valence-corrected chi connectivity index (χ3v) is 5.93. The number of halogens is 1. The van der Waals surface area contributed by atoms with Crippen LogP contribution >= 0.6 is 11.6 Å². The van der Waals surface area contributed by atoms with E-state index in [2.05, 4.69) is 9.88 Å². The number of benzene rings is 2. The number of amides is 2. The molecule has 2 amide bonds. The van der Waals surface area contributed by atoms with E-state index in [4.69, 9.17) is 16.3 Å². The molecule has 1 fully saturated rings. The Bertz CT molecular complexity index is 1140. The normalized spacial score (nSPS) is 15.9. The first-order chi connectivity index (χ1) is 14.9. The summed E-state index contributed by atoms with van der Waals surface area (Å²) >= 11 is 6.25. The monoisotopic (exact) mass is 437 g/mol. The Balaban J connectivity index is 1.60. The maximum absolute atomic E-state index is 13.1. The average molecular weight is 438 g/mol. The number of carbonyl (C=O) groups excluding carboxylic acids is 2. The van der Waals surface area contributed by atoms with Gasteiger partial charge in [-0.15, -0.1) is 0 Å². The van der Waals surface area contributed by atoms with E-state index >= 15 is 0 Å². The van der Waals surface area contributed by atoms with Gasteiger partial charge in [0, 0.05) is 30.4 Å². The first-order valence-corrected chi connectivity index (χ1v) is 10.5. The second-order valence-electron chi connectivity index (χ2n) is 7.68. The third kappa shape index (κ3) is 4.03. The van der Waals surface area contributed by atoms with Crippen LogP contribution < -0.4 is 15.0 Å². The van der Waals surface area contributed by atoms with Crippen molar-refractivity contribution < 1.29 is 14.3 Å². The molecule has 3 aromatic rings. The molecule has 0 spiro atoms. The van der Waals surface area contributed by atoms with Gasteiger partial charge < -0.3 is 19.5 Å². The molecule has 1 aromatic heterocycles. The largest absolute Gasteiger partial charge is 0.497 e. The minimum Gasteiger partial charge on any atom is -0.497 e. The zero-order valence-corrected chi connectivity index (χ0v) is 18.4. The Labute approximate surface area is 186 Å². The maximum Gasteiger partial charge on any atom is 0.229 e. The Hall–Kier alpha value is -3.25. The zero-order valence-electron chi connectivity index (χ0n) is 17.7. The molecule has 7 heteroatoms. The predicted molar refractivity (Wildman–Crippen MR) is 122 cm³/mol. The molecular weight excluding hydrogens is 414 g/mol. The van der Waals surface area contributed by atoms with Crippen molar-refractivity contribution in [3.8, 4) is 11.4 Å². The van der Waals surface area contributed by atoms with Crippen LogP contribution in [-0.4, -0.2) is 30.0 Å². The van der Waals surface area contributed by atoms with Crippen LogP contribution in [-0.2, 0) is 9.59 Å². The summed E-state index contributed by atoms with van der Waals surface area (Å²) in [5.74, 6) is -0.0795. The minimum absolute atomic E-state index is 0.111. The highest BCUT2D eigenvalue weighted by molar-refractivity contribution is 6.33. The number of carbonyl (C=O) groups is 2. The van der Waals surface area contributed by atoms with Crippen molar-refractivity contribution >= 4 is 34.8 Å². The van der Waals surface area contributed by atoms with Crippen molar-refractivity contribution in [1.29, 1.82) is 0 Å². The summed E-state index contributed by atoms with van der Waals surface area (Å²) in [5.41, 5.74) is 4.20. The molecule has 1 aliphatic heterocycles. The number of hydrogen-bond acceptors (Lipinski definition) is 3. The van der Waals surface area contributed by atoms with E-state index in [0.717, 1.165) is 17.1 Å². The van der Waals surface area contributed by atoms with Crippen LogP contribution in [0.15, 0.2) is 54.6 Å². The van der Waals surface area contributed by atoms with Gasteiger partial charge in [-0.05, 0) is 50.2 Å².